The number of nitrogens with zero attached hydrogens (tertiary/aromatic N) is 4. The summed E-state index contributed by atoms with van der Waals surface area (Å²) in [5.41, 5.74) is 1.05. The molecule has 128 valence electrons. The molecule has 1 atom stereocenters. The number of anilines is 1. The van der Waals surface area contributed by atoms with Crippen LogP contribution in [0.2, 0.25) is 0 Å². The van der Waals surface area contributed by atoms with Crippen LogP contribution in [0.3, 0.4) is 0 Å². The normalized spacial score (nSPS) is 17.0. The van der Waals surface area contributed by atoms with E-state index in [0.717, 1.165) is 43.3 Å². The molecule has 0 N–H and O–H groups in total. The van der Waals surface area contributed by atoms with Gasteiger partial charge >= 0.3 is 0 Å². The molecule has 0 radical (unpaired) electrons. The zero-order valence-corrected chi connectivity index (χ0v) is 15.1. The van der Waals surface area contributed by atoms with Gasteiger partial charge in [-0.3, -0.25) is 9.69 Å². The van der Waals surface area contributed by atoms with E-state index in [1.54, 1.807) is 11.3 Å². The highest BCUT2D eigenvalue weighted by atomic mass is 32.1. The molecule has 2 aromatic rings. The number of aromatic nitrogens is 1. The Balaban J connectivity index is 1.71. The summed E-state index contributed by atoms with van der Waals surface area (Å²) in [4.78, 5) is 23.8. The summed E-state index contributed by atoms with van der Waals surface area (Å²) in [5.74, 6) is 0.187. The molecule has 1 saturated heterocycles. The van der Waals surface area contributed by atoms with Crippen molar-refractivity contribution in [3.8, 4) is 0 Å². The molecule has 0 unspecified atom stereocenters. The fourth-order valence-corrected chi connectivity index (χ4v) is 3.87. The Hall–Kier alpha value is -1.92. The number of carbonyl (C=O) groups excluding carboxylic acids is 1. The molecule has 3 rings (SSSR count). The summed E-state index contributed by atoms with van der Waals surface area (Å²) < 4.78 is 0. The van der Waals surface area contributed by atoms with E-state index in [1.807, 2.05) is 65.8 Å². The van der Waals surface area contributed by atoms with Crippen molar-refractivity contribution in [2.75, 3.05) is 45.2 Å². The van der Waals surface area contributed by atoms with Gasteiger partial charge in [-0.05, 0) is 26.1 Å². The van der Waals surface area contributed by atoms with Crippen molar-refractivity contribution >= 4 is 22.4 Å². The van der Waals surface area contributed by atoms with Gasteiger partial charge in [-0.25, -0.2) is 4.98 Å². The van der Waals surface area contributed by atoms with Crippen molar-refractivity contribution < 1.29 is 4.79 Å². The summed E-state index contributed by atoms with van der Waals surface area (Å²) in [5, 5.41) is 3.05. The van der Waals surface area contributed by atoms with Crippen LogP contribution in [0.4, 0.5) is 5.13 Å². The second-order valence-electron chi connectivity index (χ2n) is 6.26. The van der Waals surface area contributed by atoms with E-state index in [9.17, 15) is 4.79 Å². The van der Waals surface area contributed by atoms with Gasteiger partial charge in [0.25, 0.3) is 0 Å². The number of benzene rings is 1. The number of hydrogen-bond donors (Lipinski definition) is 0. The lowest BCUT2D eigenvalue weighted by Gasteiger charge is -2.30. The lowest BCUT2D eigenvalue weighted by Crippen LogP contribution is -2.42. The van der Waals surface area contributed by atoms with E-state index in [0.29, 0.717) is 0 Å². The molecule has 0 aliphatic carbocycles. The van der Waals surface area contributed by atoms with Crippen LogP contribution in [0.1, 0.15) is 18.0 Å². The maximum atomic E-state index is 13.1. The molecule has 1 fully saturated rings. The Kier molecular flexibility index (Phi) is 5.48. The van der Waals surface area contributed by atoms with Crippen LogP contribution in [0.15, 0.2) is 41.9 Å². The van der Waals surface area contributed by atoms with E-state index >= 15 is 0 Å². The minimum atomic E-state index is -0.224. The largest absolute Gasteiger partial charge is 0.346 e. The SMILES string of the molecule is CN(C)[C@@H](C(=O)N1CCCN(c2nccs2)CC1)c1ccccc1. The highest BCUT2D eigenvalue weighted by molar-refractivity contribution is 7.13. The smallest absolute Gasteiger partial charge is 0.244 e. The molecule has 2 heterocycles. The van der Waals surface area contributed by atoms with Crippen molar-refractivity contribution in [3.05, 3.63) is 47.5 Å². The molecule has 0 spiro atoms. The summed E-state index contributed by atoms with van der Waals surface area (Å²) in [6.07, 6.45) is 2.81. The van der Waals surface area contributed by atoms with Crippen molar-refractivity contribution in [3.63, 3.8) is 0 Å². The van der Waals surface area contributed by atoms with Gasteiger partial charge in [-0.2, -0.15) is 0 Å². The van der Waals surface area contributed by atoms with Crippen LogP contribution < -0.4 is 4.90 Å². The molecule has 1 aromatic heterocycles. The first-order valence-corrected chi connectivity index (χ1v) is 9.19. The molecule has 0 bridgehead atoms. The van der Waals surface area contributed by atoms with E-state index < -0.39 is 0 Å². The first kappa shape index (κ1) is 16.9. The van der Waals surface area contributed by atoms with Crippen molar-refractivity contribution in [2.45, 2.75) is 12.5 Å². The lowest BCUT2D eigenvalue weighted by molar-refractivity contribution is -0.136. The van der Waals surface area contributed by atoms with E-state index in [-0.39, 0.29) is 11.9 Å². The first-order valence-electron chi connectivity index (χ1n) is 8.31. The van der Waals surface area contributed by atoms with Crippen LogP contribution >= 0.6 is 11.3 Å². The van der Waals surface area contributed by atoms with Crippen LogP contribution in [0.25, 0.3) is 0 Å². The molecule has 0 saturated carbocycles. The monoisotopic (exact) mass is 344 g/mol. The zero-order chi connectivity index (χ0) is 16.9. The number of rotatable bonds is 4. The standard InChI is InChI=1S/C18H24N4OS/c1-20(2)16(15-7-4-3-5-8-15)17(23)21-10-6-11-22(13-12-21)18-19-9-14-24-18/h3-5,7-9,14,16H,6,10-13H2,1-2H3/t16-/m1/s1. The predicted molar refractivity (Wildman–Crippen MR) is 98.4 cm³/mol. The van der Waals surface area contributed by atoms with E-state index in [4.69, 9.17) is 0 Å². The molecule has 1 aliphatic heterocycles. The Morgan fingerprint density at radius 1 is 1.17 bits per heavy atom. The third-order valence-corrected chi connectivity index (χ3v) is 5.20. The molecular weight excluding hydrogens is 320 g/mol. The number of likely N-dealkylation sites (N-methyl/N-ethyl adjacent to an activating group) is 1. The third-order valence-electron chi connectivity index (χ3n) is 4.36. The van der Waals surface area contributed by atoms with Gasteiger partial charge in [0.15, 0.2) is 5.13 Å². The van der Waals surface area contributed by atoms with Crippen LogP contribution in [-0.2, 0) is 4.79 Å². The topological polar surface area (TPSA) is 39.7 Å². The molecule has 6 heteroatoms. The van der Waals surface area contributed by atoms with Gasteiger partial charge in [0.1, 0.15) is 6.04 Å². The summed E-state index contributed by atoms with van der Waals surface area (Å²) in [6.45, 7) is 3.34. The van der Waals surface area contributed by atoms with Crippen LogP contribution in [0, 0.1) is 0 Å². The third kappa shape index (κ3) is 3.76. The number of thiazole rings is 1. The molecular formula is C18H24N4OS. The lowest BCUT2D eigenvalue weighted by atomic mass is 10.0. The van der Waals surface area contributed by atoms with Gasteiger partial charge in [0.05, 0.1) is 0 Å². The van der Waals surface area contributed by atoms with Gasteiger partial charge in [-0.1, -0.05) is 30.3 Å². The van der Waals surface area contributed by atoms with Crippen molar-refractivity contribution in [1.82, 2.24) is 14.8 Å². The van der Waals surface area contributed by atoms with Gasteiger partial charge in [0.2, 0.25) is 5.91 Å². The van der Waals surface area contributed by atoms with Crippen LogP contribution in [-0.4, -0.2) is 61.0 Å². The summed E-state index contributed by atoms with van der Waals surface area (Å²) in [7, 11) is 3.94. The number of amides is 1. The Bertz CT molecular complexity index is 644. The maximum absolute atomic E-state index is 13.1. The highest BCUT2D eigenvalue weighted by Crippen LogP contribution is 2.23. The Morgan fingerprint density at radius 3 is 2.62 bits per heavy atom. The van der Waals surface area contributed by atoms with Crippen LogP contribution in [0.5, 0.6) is 0 Å². The number of hydrogen-bond acceptors (Lipinski definition) is 5. The Morgan fingerprint density at radius 2 is 1.96 bits per heavy atom. The molecule has 1 aromatic carbocycles. The minimum absolute atomic E-state index is 0.187. The van der Waals surface area contributed by atoms with Crippen molar-refractivity contribution in [1.29, 1.82) is 0 Å². The van der Waals surface area contributed by atoms with Gasteiger partial charge in [-0.15, -0.1) is 11.3 Å². The zero-order valence-electron chi connectivity index (χ0n) is 14.3. The maximum Gasteiger partial charge on any atom is 0.244 e. The first-order chi connectivity index (χ1) is 11.7. The quantitative estimate of drug-likeness (QED) is 0.854. The van der Waals surface area contributed by atoms with Crippen molar-refractivity contribution in [2.24, 2.45) is 0 Å². The summed E-state index contributed by atoms with van der Waals surface area (Å²) >= 11 is 1.66. The number of carbonyl (C=O) groups is 1. The van der Waals surface area contributed by atoms with Gasteiger partial charge in [0, 0.05) is 37.8 Å². The molecule has 24 heavy (non-hydrogen) atoms. The van der Waals surface area contributed by atoms with E-state index in [2.05, 4.69) is 9.88 Å². The minimum Gasteiger partial charge on any atom is -0.346 e. The second kappa shape index (κ2) is 7.77. The predicted octanol–water partition coefficient (Wildman–Crippen LogP) is 2.48. The average Bonchev–Trinajstić information content (AvgIpc) is 3.00. The highest BCUT2D eigenvalue weighted by Gasteiger charge is 2.29. The summed E-state index contributed by atoms with van der Waals surface area (Å²) in [6, 6.07) is 9.80. The van der Waals surface area contributed by atoms with E-state index in [1.165, 1.54) is 0 Å². The average molecular weight is 344 g/mol. The molecule has 5 nitrogen and oxygen atoms in total. The molecule has 1 aliphatic rings. The van der Waals surface area contributed by atoms with Gasteiger partial charge < -0.3 is 9.80 Å². The fraction of sp³-hybridized carbons (Fsp3) is 0.444. The Labute approximate surface area is 147 Å². The fourth-order valence-electron chi connectivity index (χ4n) is 3.17. The second-order valence-corrected chi connectivity index (χ2v) is 7.13. The molecule has 1 amide bonds.